The number of nitrogens with zero attached hydrogens (tertiary/aromatic N) is 1. The lowest BCUT2D eigenvalue weighted by atomic mass is 10.1. The lowest BCUT2D eigenvalue weighted by Gasteiger charge is -2.25. The van der Waals surface area contributed by atoms with E-state index in [0.717, 1.165) is 25.9 Å². The molecule has 1 saturated heterocycles. The smallest absolute Gasteiger partial charge is 0.272 e. The Balaban J connectivity index is 1.79. The van der Waals surface area contributed by atoms with Gasteiger partial charge in [-0.05, 0) is 50.2 Å². The van der Waals surface area contributed by atoms with Gasteiger partial charge >= 0.3 is 0 Å². The molecule has 2 aromatic rings. The van der Waals surface area contributed by atoms with Gasteiger partial charge in [-0.25, -0.2) is 4.39 Å². The summed E-state index contributed by atoms with van der Waals surface area (Å²) in [6.45, 7) is 1.91. The zero-order chi connectivity index (χ0) is 14.7. The molecule has 1 aliphatic heterocycles. The fraction of sp³-hybridized carbons (Fsp3) is 0.312. The maximum absolute atomic E-state index is 13.6. The Kier molecular flexibility index (Phi) is 4.01. The molecule has 0 radical (unpaired) electrons. The van der Waals surface area contributed by atoms with Crippen LogP contribution in [0.25, 0.3) is 0 Å². The minimum Gasteiger partial charge on any atom is -0.340 e. The first-order valence-electron chi connectivity index (χ1n) is 7.19. The number of halogens is 1. The SMILES string of the molecule is O=C(Nc1ccccc1F)c1cccn1C1CCNCC1. The van der Waals surface area contributed by atoms with E-state index in [2.05, 4.69) is 10.6 Å². The van der Waals surface area contributed by atoms with Gasteiger partial charge < -0.3 is 15.2 Å². The number of hydrogen-bond acceptors (Lipinski definition) is 2. The van der Waals surface area contributed by atoms with E-state index in [1.165, 1.54) is 6.07 Å². The van der Waals surface area contributed by atoms with E-state index in [4.69, 9.17) is 0 Å². The quantitative estimate of drug-likeness (QED) is 0.912. The molecule has 0 bridgehead atoms. The molecule has 0 atom stereocenters. The number of hydrogen-bond donors (Lipinski definition) is 2. The monoisotopic (exact) mass is 287 g/mol. The Hall–Kier alpha value is -2.14. The van der Waals surface area contributed by atoms with Crippen molar-refractivity contribution >= 4 is 11.6 Å². The number of benzene rings is 1. The van der Waals surface area contributed by atoms with E-state index in [0.29, 0.717) is 11.7 Å². The normalized spacial score (nSPS) is 15.9. The summed E-state index contributed by atoms with van der Waals surface area (Å²) in [4.78, 5) is 12.4. The number of nitrogens with one attached hydrogen (secondary N) is 2. The van der Waals surface area contributed by atoms with Gasteiger partial charge in [-0.2, -0.15) is 0 Å². The summed E-state index contributed by atoms with van der Waals surface area (Å²) >= 11 is 0. The van der Waals surface area contributed by atoms with E-state index in [-0.39, 0.29) is 11.6 Å². The molecule has 0 saturated carbocycles. The Morgan fingerprint density at radius 2 is 1.95 bits per heavy atom. The highest BCUT2D eigenvalue weighted by atomic mass is 19.1. The van der Waals surface area contributed by atoms with Crippen LogP contribution < -0.4 is 10.6 Å². The summed E-state index contributed by atoms with van der Waals surface area (Å²) in [7, 11) is 0. The van der Waals surface area contributed by atoms with Crippen molar-refractivity contribution in [2.24, 2.45) is 0 Å². The van der Waals surface area contributed by atoms with Crippen molar-refractivity contribution in [2.45, 2.75) is 18.9 Å². The lowest BCUT2D eigenvalue weighted by Crippen LogP contribution is -2.31. The first-order chi connectivity index (χ1) is 10.3. The molecule has 1 amide bonds. The van der Waals surface area contributed by atoms with Crippen LogP contribution in [0.1, 0.15) is 29.4 Å². The summed E-state index contributed by atoms with van der Waals surface area (Å²) < 4.78 is 15.6. The molecule has 2 heterocycles. The molecule has 1 fully saturated rings. The number of anilines is 1. The summed E-state index contributed by atoms with van der Waals surface area (Å²) in [6.07, 6.45) is 3.91. The highest BCUT2D eigenvalue weighted by Gasteiger charge is 2.20. The van der Waals surface area contributed by atoms with Crippen molar-refractivity contribution in [3.63, 3.8) is 0 Å². The predicted octanol–water partition coefficient (Wildman–Crippen LogP) is 2.80. The van der Waals surface area contributed by atoms with E-state index >= 15 is 0 Å². The first kappa shape index (κ1) is 13.8. The van der Waals surface area contributed by atoms with Crippen LogP contribution in [-0.2, 0) is 0 Å². The molecule has 1 aromatic heterocycles. The van der Waals surface area contributed by atoms with Crippen molar-refractivity contribution in [3.8, 4) is 0 Å². The average Bonchev–Trinajstić information content (AvgIpc) is 3.00. The van der Waals surface area contributed by atoms with Gasteiger partial charge in [0.2, 0.25) is 0 Å². The Bertz CT molecular complexity index is 632. The summed E-state index contributed by atoms with van der Waals surface area (Å²) in [6, 6.07) is 10.2. The fourth-order valence-electron chi connectivity index (χ4n) is 2.74. The minimum atomic E-state index is -0.425. The molecule has 110 valence electrons. The molecule has 2 N–H and O–H groups in total. The molecule has 0 unspecified atom stereocenters. The van der Waals surface area contributed by atoms with Gasteiger partial charge in [-0.15, -0.1) is 0 Å². The summed E-state index contributed by atoms with van der Waals surface area (Å²) in [5, 5.41) is 5.95. The van der Waals surface area contributed by atoms with Gasteiger partial charge in [-0.1, -0.05) is 12.1 Å². The zero-order valence-electron chi connectivity index (χ0n) is 11.7. The Labute approximate surface area is 123 Å². The number of aromatic nitrogens is 1. The Morgan fingerprint density at radius 1 is 1.19 bits per heavy atom. The van der Waals surface area contributed by atoms with E-state index in [9.17, 15) is 9.18 Å². The molecular formula is C16H18FN3O. The molecule has 3 rings (SSSR count). The first-order valence-corrected chi connectivity index (χ1v) is 7.19. The van der Waals surface area contributed by atoms with Gasteiger partial charge in [-0.3, -0.25) is 4.79 Å². The van der Waals surface area contributed by atoms with E-state index in [1.54, 1.807) is 24.3 Å². The number of rotatable bonds is 3. The zero-order valence-corrected chi connectivity index (χ0v) is 11.7. The van der Waals surface area contributed by atoms with Gasteiger partial charge in [0, 0.05) is 12.2 Å². The molecule has 1 aliphatic rings. The van der Waals surface area contributed by atoms with Crippen molar-refractivity contribution in [1.82, 2.24) is 9.88 Å². The number of carbonyl (C=O) groups excluding carboxylic acids is 1. The van der Waals surface area contributed by atoms with Crippen LogP contribution in [0.2, 0.25) is 0 Å². The third kappa shape index (κ3) is 2.97. The maximum atomic E-state index is 13.6. The average molecular weight is 287 g/mol. The molecule has 0 aliphatic carbocycles. The van der Waals surface area contributed by atoms with Gasteiger partial charge in [0.05, 0.1) is 5.69 Å². The number of carbonyl (C=O) groups is 1. The fourth-order valence-corrected chi connectivity index (χ4v) is 2.74. The van der Waals surface area contributed by atoms with Crippen LogP contribution >= 0.6 is 0 Å². The molecular weight excluding hydrogens is 269 g/mol. The van der Waals surface area contributed by atoms with Crippen LogP contribution in [0.5, 0.6) is 0 Å². The number of para-hydroxylation sites is 1. The van der Waals surface area contributed by atoms with E-state index < -0.39 is 5.82 Å². The van der Waals surface area contributed by atoms with Crippen LogP contribution in [0.3, 0.4) is 0 Å². The Morgan fingerprint density at radius 3 is 2.71 bits per heavy atom. The lowest BCUT2D eigenvalue weighted by molar-refractivity contribution is 0.101. The van der Waals surface area contributed by atoms with Crippen molar-refractivity contribution < 1.29 is 9.18 Å². The number of amides is 1. The van der Waals surface area contributed by atoms with Crippen molar-refractivity contribution in [3.05, 3.63) is 54.1 Å². The van der Waals surface area contributed by atoms with Crippen LogP contribution in [0, 0.1) is 5.82 Å². The number of piperidine rings is 1. The van der Waals surface area contributed by atoms with Gasteiger partial charge in [0.1, 0.15) is 11.5 Å². The highest BCUT2D eigenvalue weighted by Crippen LogP contribution is 2.22. The van der Waals surface area contributed by atoms with Crippen LogP contribution in [0.15, 0.2) is 42.6 Å². The van der Waals surface area contributed by atoms with Gasteiger partial charge in [0.25, 0.3) is 5.91 Å². The van der Waals surface area contributed by atoms with Gasteiger partial charge in [0.15, 0.2) is 0 Å². The van der Waals surface area contributed by atoms with Crippen molar-refractivity contribution in [1.29, 1.82) is 0 Å². The predicted molar refractivity (Wildman–Crippen MR) is 79.9 cm³/mol. The van der Waals surface area contributed by atoms with Crippen LogP contribution in [-0.4, -0.2) is 23.6 Å². The third-order valence-electron chi connectivity index (χ3n) is 3.84. The molecule has 0 spiro atoms. The van der Waals surface area contributed by atoms with Crippen LogP contribution in [0.4, 0.5) is 10.1 Å². The summed E-state index contributed by atoms with van der Waals surface area (Å²) in [5.74, 6) is -0.700. The largest absolute Gasteiger partial charge is 0.340 e. The maximum Gasteiger partial charge on any atom is 0.272 e. The van der Waals surface area contributed by atoms with Crippen molar-refractivity contribution in [2.75, 3.05) is 18.4 Å². The third-order valence-corrected chi connectivity index (χ3v) is 3.84. The second kappa shape index (κ2) is 6.10. The minimum absolute atomic E-state index is 0.209. The summed E-state index contributed by atoms with van der Waals surface area (Å²) in [5.41, 5.74) is 0.783. The second-order valence-electron chi connectivity index (χ2n) is 5.22. The molecule has 4 nitrogen and oxygen atoms in total. The topological polar surface area (TPSA) is 46.1 Å². The van der Waals surface area contributed by atoms with E-state index in [1.807, 2.05) is 16.8 Å². The molecule has 1 aromatic carbocycles. The molecule has 5 heteroatoms. The standard InChI is InChI=1S/C16H18FN3O/c17-13-4-1-2-5-14(13)19-16(21)15-6-3-11-20(15)12-7-9-18-10-8-12/h1-6,11-12,18H,7-10H2,(H,19,21). The highest BCUT2D eigenvalue weighted by molar-refractivity contribution is 6.03. The molecule has 21 heavy (non-hydrogen) atoms. The second-order valence-corrected chi connectivity index (χ2v) is 5.22.